The predicted octanol–water partition coefficient (Wildman–Crippen LogP) is 2.87. The summed E-state index contributed by atoms with van der Waals surface area (Å²) in [5.74, 6) is -0.340. The Morgan fingerprint density at radius 1 is 1.03 bits per heavy atom. The van der Waals surface area contributed by atoms with Crippen molar-refractivity contribution < 1.29 is 5.11 Å². The van der Waals surface area contributed by atoms with Crippen molar-refractivity contribution in [2.24, 2.45) is 0 Å². The third-order valence-corrected chi connectivity index (χ3v) is 6.13. The van der Waals surface area contributed by atoms with E-state index in [2.05, 4.69) is 21.4 Å². The van der Waals surface area contributed by atoms with E-state index in [0.717, 1.165) is 45.3 Å². The predicted molar refractivity (Wildman–Crippen MR) is 120 cm³/mol. The van der Waals surface area contributed by atoms with Gasteiger partial charge in [-0.25, -0.2) is 9.36 Å². The van der Waals surface area contributed by atoms with Gasteiger partial charge < -0.3 is 15.4 Å². The molecule has 158 valence electrons. The highest BCUT2D eigenvalue weighted by Crippen LogP contribution is 2.35. The lowest BCUT2D eigenvalue weighted by Gasteiger charge is -2.26. The zero-order valence-corrected chi connectivity index (χ0v) is 17.7. The normalized spacial score (nSPS) is 15.9. The molecule has 7 nitrogen and oxygen atoms in total. The summed E-state index contributed by atoms with van der Waals surface area (Å²) in [6.45, 7) is 6.41. The molecule has 1 atom stereocenters. The van der Waals surface area contributed by atoms with Gasteiger partial charge >= 0.3 is 5.69 Å². The van der Waals surface area contributed by atoms with Crippen LogP contribution < -0.4 is 16.6 Å². The minimum Gasteiger partial charge on any atom is -0.494 e. The number of aromatic amines is 2. The summed E-state index contributed by atoms with van der Waals surface area (Å²) >= 11 is 0. The van der Waals surface area contributed by atoms with E-state index in [-0.39, 0.29) is 11.4 Å². The smallest absolute Gasteiger partial charge is 0.335 e. The summed E-state index contributed by atoms with van der Waals surface area (Å²) in [7, 11) is 0. The minimum atomic E-state index is -0.658. The topological polar surface area (TPSA) is 103 Å². The van der Waals surface area contributed by atoms with Crippen molar-refractivity contribution in [2.45, 2.75) is 33.2 Å². The van der Waals surface area contributed by atoms with E-state index < -0.39 is 17.3 Å². The Morgan fingerprint density at radius 3 is 2.48 bits per heavy atom. The number of H-pyrrole nitrogens is 2. The number of fused-ring (bicyclic) bond motifs is 3. The molecular formula is C24H24N4O3. The van der Waals surface area contributed by atoms with Crippen LogP contribution in [0.2, 0.25) is 0 Å². The molecule has 2 aromatic carbocycles. The lowest BCUT2D eigenvalue weighted by molar-refractivity contribution is 0.409. The molecule has 1 aliphatic heterocycles. The van der Waals surface area contributed by atoms with E-state index in [0.29, 0.717) is 12.2 Å². The zero-order chi connectivity index (χ0) is 21.9. The van der Waals surface area contributed by atoms with E-state index in [1.54, 1.807) is 0 Å². The first-order chi connectivity index (χ1) is 14.9. The van der Waals surface area contributed by atoms with Gasteiger partial charge in [-0.2, -0.15) is 0 Å². The van der Waals surface area contributed by atoms with Crippen molar-refractivity contribution >= 4 is 10.9 Å². The second kappa shape index (κ2) is 6.99. The number of nitrogens with one attached hydrogen (secondary N) is 3. The lowest BCUT2D eigenvalue weighted by atomic mass is 9.95. The van der Waals surface area contributed by atoms with Gasteiger partial charge in [-0.15, -0.1) is 0 Å². The van der Waals surface area contributed by atoms with Gasteiger partial charge in [0, 0.05) is 23.1 Å². The first-order valence-corrected chi connectivity index (χ1v) is 10.4. The van der Waals surface area contributed by atoms with Crippen molar-refractivity contribution in [1.29, 1.82) is 0 Å². The first kappa shape index (κ1) is 19.4. The molecule has 31 heavy (non-hydrogen) atoms. The quantitative estimate of drug-likeness (QED) is 0.403. The maximum Gasteiger partial charge on any atom is 0.335 e. The van der Waals surface area contributed by atoms with E-state index in [1.165, 1.54) is 4.57 Å². The van der Waals surface area contributed by atoms with Gasteiger partial charge in [0.15, 0.2) is 0 Å². The molecule has 2 aromatic heterocycles. The number of aromatic nitrogens is 3. The van der Waals surface area contributed by atoms with E-state index in [1.807, 2.05) is 51.1 Å². The summed E-state index contributed by atoms with van der Waals surface area (Å²) in [6, 6.07) is 11.3. The van der Waals surface area contributed by atoms with E-state index >= 15 is 0 Å². The Kier molecular flexibility index (Phi) is 4.37. The van der Waals surface area contributed by atoms with Crippen LogP contribution in [0.4, 0.5) is 0 Å². The van der Waals surface area contributed by atoms with Gasteiger partial charge in [-0.3, -0.25) is 9.78 Å². The number of nitrogens with zero attached hydrogens (tertiary/aromatic N) is 1. The molecule has 0 saturated carbocycles. The maximum atomic E-state index is 12.9. The Balaban J connectivity index is 1.78. The molecule has 1 aliphatic rings. The molecule has 0 bridgehead atoms. The van der Waals surface area contributed by atoms with Crippen molar-refractivity contribution in [3.8, 4) is 11.6 Å². The molecule has 7 heteroatoms. The minimum absolute atomic E-state index is 0.131. The Morgan fingerprint density at radius 2 is 1.74 bits per heavy atom. The van der Waals surface area contributed by atoms with Crippen LogP contribution in [-0.2, 0) is 6.42 Å². The van der Waals surface area contributed by atoms with Crippen LogP contribution in [-0.4, -0.2) is 26.2 Å². The highest BCUT2D eigenvalue weighted by atomic mass is 16.3. The molecule has 0 aliphatic carbocycles. The van der Waals surface area contributed by atoms with Crippen LogP contribution in [0.25, 0.3) is 16.6 Å². The molecule has 0 spiro atoms. The fraction of sp³-hybridized carbons (Fsp3) is 0.250. The summed E-state index contributed by atoms with van der Waals surface area (Å²) in [4.78, 5) is 31.5. The largest absolute Gasteiger partial charge is 0.494 e. The number of hydrogen-bond donors (Lipinski definition) is 4. The molecule has 3 heterocycles. The van der Waals surface area contributed by atoms with Crippen LogP contribution in [0.15, 0.2) is 46.0 Å². The average Bonchev–Trinajstić information content (AvgIpc) is 3.09. The van der Waals surface area contributed by atoms with Crippen molar-refractivity contribution in [3.05, 3.63) is 90.7 Å². The van der Waals surface area contributed by atoms with E-state index in [4.69, 9.17) is 0 Å². The number of rotatable bonds is 2. The highest BCUT2D eigenvalue weighted by Gasteiger charge is 2.31. The summed E-state index contributed by atoms with van der Waals surface area (Å²) in [5, 5.41) is 15.7. The lowest BCUT2D eigenvalue weighted by Crippen LogP contribution is -2.39. The van der Waals surface area contributed by atoms with Crippen LogP contribution in [0.1, 0.15) is 39.6 Å². The van der Waals surface area contributed by atoms with Gasteiger partial charge in [0.2, 0.25) is 5.88 Å². The fourth-order valence-electron chi connectivity index (χ4n) is 4.96. The molecular weight excluding hydrogens is 392 g/mol. The van der Waals surface area contributed by atoms with Crippen LogP contribution in [0, 0.1) is 20.8 Å². The molecule has 0 radical (unpaired) electrons. The van der Waals surface area contributed by atoms with Crippen molar-refractivity contribution in [3.63, 3.8) is 0 Å². The maximum absolute atomic E-state index is 12.9. The average molecular weight is 416 g/mol. The molecule has 0 amide bonds. The van der Waals surface area contributed by atoms with Crippen molar-refractivity contribution in [1.82, 2.24) is 19.9 Å². The molecule has 1 unspecified atom stereocenters. The number of aryl methyl sites for hydroxylation is 3. The molecule has 4 aromatic rings. The van der Waals surface area contributed by atoms with Crippen molar-refractivity contribution in [2.75, 3.05) is 6.54 Å². The highest BCUT2D eigenvalue weighted by molar-refractivity contribution is 5.85. The second-order valence-electron chi connectivity index (χ2n) is 8.28. The Bertz CT molecular complexity index is 1440. The van der Waals surface area contributed by atoms with Gasteiger partial charge in [0.05, 0.1) is 11.7 Å². The van der Waals surface area contributed by atoms with Gasteiger partial charge in [0.25, 0.3) is 5.56 Å². The third-order valence-electron chi connectivity index (χ3n) is 6.13. The third kappa shape index (κ3) is 2.92. The number of benzene rings is 2. The summed E-state index contributed by atoms with van der Waals surface area (Å²) < 4.78 is 1.21. The molecule has 4 N–H and O–H groups in total. The van der Waals surface area contributed by atoms with Crippen LogP contribution >= 0.6 is 0 Å². The molecule has 0 saturated heterocycles. The SMILES string of the molecule is Cc1cc(C)c(-n2c(O)c(C3NCCc4c3[nH]c3ccccc43)c(=O)[nH]c2=O)c(C)c1. The summed E-state index contributed by atoms with van der Waals surface area (Å²) in [6.07, 6.45) is 0.810. The Labute approximate surface area is 178 Å². The Hall–Kier alpha value is -3.58. The van der Waals surface area contributed by atoms with Crippen LogP contribution in [0.3, 0.4) is 0 Å². The van der Waals surface area contributed by atoms with Gasteiger partial charge in [0.1, 0.15) is 5.56 Å². The molecule has 5 rings (SSSR count). The number of hydrogen-bond acceptors (Lipinski definition) is 4. The van der Waals surface area contributed by atoms with E-state index in [9.17, 15) is 14.7 Å². The van der Waals surface area contributed by atoms with Gasteiger partial charge in [-0.05, 0) is 49.9 Å². The zero-order valence-electron chi connectivity index (χ0n) is 17.7. The van der Waals surface area contributed by atoms with Crippen LogP contribution in [0.5, 0.6) is 5.88 Å². The van der Waals surface area contributed by atoms with Gasteiger partial charge in [-0.1, -0.05) is 35.9 Å². The first-order valence-electron chi connectivity index (χ1n) is 10.4. The number of para-hydroxylation sites is 1. The fourth-order valence-corrected chi connectivity index (χ4v) is 4.96. The monoisotopic (exact) mass is 416 g/mol. The summed E-state index contributed by atoms with van der Waals surface area (Å²) in [5.41, 5.74) is 5.16. The second-order valence-corrected chi connectivity index (χ2v) is 8.28. The number of aromatic hydroxyl groups is 1. The molecule has 0 fully saturated rings. The standard InChI is InChI=1S/C24H24N4O3/c1-12-10-13(2)21(14(3)11-12)28-23(30)18(22(29)27-24(28)31)20-19-16(8-9-25-20)15-6-4-5-7-17(15)26-19/h4-7,10-11,20,25-26,30H,8-9H2,1-3H3,(H,27,29,31).